The predicted molar refractivity (Wildman–Crippen MR) is 84.8 cm³/mol. The number of hydrogen-bond donors (Lipinski definition) is 1. The Hall–Kier alpha value is -1.17. The molecule has 0 spiro atoms. The number of thiophene rings is 1. The van der Waals surface area contributed by atoms with Crippen molar-refractivity contribution in [1.29, 1.82) is 0 Å². The molecule has 0 aromatic carbocycles. The van der Waals surface area contributed by atoms with Crippen molar-refractivity contribution in [1.82, 2.24) is 14.5 Å². The fourth-order valence-corrected chi connectivity index (χ4v) is 3.37. The van der Waals surface area contributed by atoms with E-state index in [-0.39, 0.29) is 6.04 Å². The molecule has 2 N–H and O–H groups in total. The van der Waals surface area contributed by atoms with Crippen LogP contribution in [0.1, 0.15) is 42.9 Å². The third-order valence-corrected chi connectivity index (χ3v) is 4.87. The maximum atomic E-state index is 6.04. The molecular weight excluding hydrogens is 268 g/mol. The highest BCUT2D eigenvalue weighted by Crippen LogP contribution is 2.30. The molecule has 0 radical (unpaired) electrons. The summed E-state index contributed by atoms with van der Waals surface area (Å²) >= 11 is 1.79. The molecule has 2 unspecified atom stereocenters. The molecule has 0 aliphatic heterocycles. The molecule has 0 aliphatic carbocycles. The Labute approximate surface area is 125 Å². The first-order chi connectivity index (χ1) is 9.69. The molecule has 0 aliphatic rings. The van der Waals surface area contributed by atoms with E-state index in [2.05, 4.69) is 52.9 Å². The number of rotatable bonds is 7. The summed E-state index contributed by atoms with van der Waals surface area (Å²) in [7, 11) is 2.14. The Morgan fingerprint density at radius 3 is 2.90 bits per heavy atom. The van der Waals surface area contributed by atoms with Crippen molar-refractivity contribution in [2.75, 3.05) is 13.6 Å². The molecular formula is C15H24N4S. The van der Waals surface area contributed by atoms with Crippen molar-refractivity contribution in [3.8, 4) is 0 Å². The Morgan fingerprint density at radius 1 is 1.50 bits per heavy atom. The summed E-state index contributed by atoms with van der Waals surface area (Å²) in [6, 6.07) is 4.83. The van der Waals surface area contributed by atoms with Crippen LogP contribution in [0.15, 0.2) is 30.0 Å². The standard InChI is InChI=1S/C15H24N4S/c1-4-7-19-11-17-10-14(19)13(9-16)18(3)12(2)15-6-5-8-20-15/h5-6,8,10-13H,4,7,9,16H2,1-3H3. The maximum Gasteiger partial charge on any atom is 0.0948 e. The fourth-order valence-electron chi connectivity index (χ4n) is 2.53. The molecule has 2 aromatic rings. The van der Waals surface area contributed by atoms with Crippen molar-refractivity contribution in [2.45, 2.75) is 38.9 Å². The number of nitrogens with two attached hydrogens (primary N) is 1. The van der Waals surface area contributed by atoms with Crippen LogP contribution in [0.4, 0.5) is 0 Å². The average Bonchev–Trinajstić information content (AvgIpc) is 3.11. The van der Waals surface area contributed by atoms with Crippen LogP contribution in [-0.2, 0) is 6.54 Å². The first-order valence-electron chi connectivity index (χ1n) is 7.14. The Morgan fingerprint density at radius 2 is 2.30 bits per heavy atom. The highest BCUT2D eigenvalue weighted by atomic mass is 32.1. The van der Waals surface area contributed by atoms with Crippen molar-refractivity contribution >= 4 is 11.3 Å². The van der Waals surface area contributed by atoms with Crippen LogP contribution >= 0.6 is 11.3 Å². The minimum atomic E-state index is 0.196. The lowest BCUT2D eigenvalue weighted by molar-refractivity contribution is 0.185. The quantitative estimate of drug-likeness (QED) is 0.853. The summed E-state index contributed by atoms with van der Waals surface area (Å²) in [4.78, 5) is 8.01. The number of aryl methyl sites for hydroxylation is 1. The lowest BCUT2D eigenvalue weighted by Crippen LogP contribution is -2.33. The minimum absolute atomic E-state index is 0.196. The van der Waals surface area contributed by atoms with Gasteiger partial charge in [-0.25, -0.2) is 4.98 Å². The topological polar surface area (TPSA) is 47.1 Å². The van der Waals surface area contributed by atoms with Gasteiger partial charge in [-0.3, -0.25) is 4.90 Å². The van der Waals surface area contributed by atoms with E-state index in [0.717, 1.165) is 13.0 Å². The molecule has 4 nitrogen and oxygen atoms in total. The van der Waals surface area contributed by atoms with Crippen LogP contribution in [0.25, 0.3) is 0 Å². The predicted octanol–water partition coefficient (Wildman–Crippen LogP) is 3.05. The van der Waals surface area contributed by atoms with Gasteiger partial charge >= 0.3 is 0 Å². The molecule has 0 amide bonds. The van der Waals surface area contributed by atoms with Gasteiger partial charge in [0.25, 0.3) is 0 Å². The Balaban J connectivity index is 2.20. The summed E-state index contributed by atoms with van der Waals surface area (Å²) in [5.41, 5.74) is 7.25. The average molecular weight is 292 g/mol. The lowest BCUT2D eigenvalue weighted by atomic mass is 10.1. The van der Waals surface area contributed by atoms with E-state index in [1.807, 2.05) is 12.5 Å². The van der Waals surface area contributed by atoms with E-state index in [0.29, 0.717) is 12.6 Å². The molecule has 0 bridgehead atoms. The van der Waals surface area contributed by atoms with Crippen LogP contribution in [-0.4, -0.2) is 28.0 Å². The van der Waals surface area contributed by atoms with Gasteiger partial charge in [-0.1, -0.05) is 13.0 Å². The second kappa shape index (κ2) is 7.02. The number of nitrogens with zero attached hydrogens (tertiary/aromatic N) is 3. The number of aromatic nitrogens is 2. The molecule has 2 aromatic heterocycles. The van der Waals surface area contributed by atoms with Gasteiger partial charge in [0.2, 0.25) is 0 Å². The Kier molecular flexibility index (Phi) is 5.34. The van der Waals surface area contributed by atoms with E-state index in [1.165, 1.54) is 10.6 Å². The van der Waals surface area contributed by atoms with Gasteiger partial charge in [0.15, 0.2) is 0 Å². The Bertz CT molecular complexity index is 506. The number of imidazole rings is 1. The zero-order chi connectivity index (χ0) is 14.5. The van der Waals surface area contributed by atoms with Crippen molar-refractivity contribution in [3.05, 3.63) is 40.6 Å². The summed E-state index contributed by atoms with van der Waals surface area (Å²) in [5, 5.41) is 2.12. The van der Waals surface area contributed by atoms with E-state index < -0.39 is 0 Å². The van der Waals surface area contributed by atoms with Gasteiger partial charge in [0.1, 0.15) is 0 Å². The zero-order valence-corrected chi connectivity index (χ0v) is 13.3. The molecule has 0 saturated carbocycles. The van der Waals surface area contributed by atoms with Gasteiger partial charge in [-0.05, 0) is 31.8 Å². The highest BCUT2D eigenvalue weighted by molar-refractivity contribution is 7.10. The second-order valence-corrected chi connectivity index (χ2v) is 6.10. The summed E-state index contributed by atoms with van der Waals surface area (Å²) in [6.07, 6.45) is 4.96. The monoisotopic (exact) mass is 292 g/mol. The van der Waals surface area contributed by atoms with E-state index in [4.69, 9.17) is 5.73 Å². The summed E-state index contributed by atoms with van der Waals surface area (Å²) in [5.74, 6) is 0. The fraction of sp³-hybridized carbons (Fsp3) is 0.533. The molecule has 2 heterocycles. The van der Waals surface area contributed by atoms with Gasteiger partial charge < -0.3 is 10.3 Å². The SMILES string of the molecule is CCCn1cncc1C(CN)N(C)C(C)c1cccs1. The smallest absolute Gasteiger partial charge is 0.0948 e. The summed E-state index contributed by atoms with van der Waals surface area (Å²) < 4.78 is 2.22. The molecule has 5 heteroatoms. The summed E-state index contributed by atoms with van der Waals surface area (Å²) in [6.45, 7) is 6.00. The van der Waals surface area contributed by atoms with Crippen molar-refractivity contribution in [2.24, 2.45) is 5.73 Å². The molecule has 0 fully saturated rings. The highest BCUT2D eigenvalue weighted by Gasteiger charge is 2.24. The molecule has 110 valence electrons. The van der Waals surface area contributed by atoms with E-state index >= 15 is 0 Å². The first kappa shape index (κ1) is 15.2. The maximum absolute atomic E-state index is 6.04. The van der Waals surface area contributed by atoms with Gasteiger partial charge in [-0.15, -0.1) is 11.3 Å². The van der Waals surface area contributed by atoms with Crippen molar-refractivity contribution < 1.29 is 0 Å². The minimum Gasteiger partial charge on any atom is -0.333 e. The molecule has 20 heavy (non-hydrogen) atoms. The number of hydrogen-bond acceptors (Lipinski definition) is 4. The second-order valence-electron chi connectivity index (χ2n) is 5.12. The van der Waals surface area contributed by atoms with Crippen LogP contribution in [0, 0.1) is 0 Å². The molecule has 2 rings (SSSR count). The first-order valence-corrected chi connectivity index (χ1v) is 8.02. The van der Waals surface area contributed by atoms with Crippen LogP contribution in [0.2, 0.25) is 0 Å². The third-order valence-electron chi connectivity index (χ3n) is 3.83. The van der Waals surface area contributed by atoms with Gasteiger partial charge in [-0.2, -0.15) is 0 Å². The van der Waals surface area contributed by atoms with Crippen molar-refractivity contribution in [3.63, 3.8) is 0 Å². The lowest BCUT2D eigenvalue weighted by Gasteiger charge is -2.32. The molecule has 2 atom stereocenters. The van der Waals surface area contributed by atoms with Crippen LogP contribution in [0.5, 0.6) is 0 Å². The van der Waals surface area contributed by atoms with Gasteiger partial charge in [0, 0.05) is 30.2 Å². The normalized spacial score (nSPS) is 14.7. The zero-order valence-electron chi connectivity index (χ0n) is 12.5. The van der Waals surface area contributed by atoms with E-state index in [9.17, 15) is 0 Å². The molecule has 0 saturated heterocycles. The third kappa shape index (κ3) is 3.11. The van der Waals surface area contributed by atoms with E-state index in [1.54, 1.807) is 11.3 Å². The largest absolute Gasteiger partial charge is 0.333 e. The van der Waals surface area contributed by atoms with Crippen LogP contribution in [0.3, 0.4) is 0 Å². The number of likely N-dealkylation sites (N-methyl/N-ethyl adjacent to an activating group) is 1. The van der Waals surface area contributed by atoms with Gasteiger partial charge in [0.05, 0.1) is 18.1 Å². The van der Waals surface area contributed by atoms with Crippen LogP contribution < -0.4 is 5.73 Å².